The zero-order valence-corrected chi connectivity index (χ0v) is 15.6. The number of para-hydroxylation sites is 2. The van der Waals surface area contributed by atoms with E-state index in [2.05, 4.69) is 21.9 Å². The van der Waals surface area contributed by atoms with Crippen molar-refractivity contribution in [3.63, 3.8) is 0 Å². The summed E-state index contributed by atoms with van der Waals surface area (Å²) >= 11 is 5.26. The molecule has 0 amide bonds. The number of aryl methyl sites for hydroxylation is 1. The Morgan fingerprint density at radius 3 is 2.44 bits per heavy atom. The van der Waals surface area contributed by atoms with E-state index in [1.807, 2.05) is 22.9 Å². The smallest absolute Gasteiger partial charge is 0.237 e. The summed E-state index contributed by atoms with van der Waals surface area (Å²) in [6.45, 7) is 6.34. The van der Waals surface area contributed by atoms with E-state index in [-0.39, 0.29) is 0 Å². The van der Waals surface area contributed by atoms with Crippen LogP contribution in [0.1, 0.15) is 12.8 Å². The maximum atomic E-state index is 5.71. The van der Waals surface area contributed by atoms with E-state index in [0.717, 1.165) is 51.4 Å². The quantitative estimate of drug-likeness (QED) is 0.433. The average molecular weight is 356 g/mol. The van der Waals surface area contributed by atoms with Crippen LogP contribution in [-0.2, 0) is 6.54 Å². The van der Waals surface area contributed by atoms with Crippen LogP contribution >= 0.6 is 12.2 Å². The molecule has 1 aliphatic heterocycles. The van der Waals surface area contributed by atoms with Gasteiger partial charge < -0.3 is 18.7 Å². The normalized spacial score (nSPS) is 15.5. The molecule has 2 radical (unpaired) electrons. The summed E-state index contributed by atoms with van der Waals surface area (Å²) in [5, 5.41) is 0. The molecule has 0 bridgehead atoms. The van der Waals surface area contributed by atoms with Gasteiger partial charge in [0.1, 0.15) is 5.75 Å². The van der Waals surface area contributed by atoms with Gasteiger partial charge in [0.25, 0.3) is 0 Å². The second-order valence-electron chi connectivity index (χ2n) is 6.39. The van der Waals surface area contributed by atoms with Crippen molar-refractivity contribution in [2.45, 2.75) is 19.4 Å². The van der Waals surface area contributed by atoms with Crippen molar-refractivity contribution < 1.29 is 4.74 Å². The molecule has 1 aliphatic rings. The summed E-state index contributed by atoms with van der Waals surface area (Å²) in [5.41, 5.74) is 1.20. The van der Waals surface area contributed by atoms with Crippen molar-refractivity contribution in [2.24, 2.45) is 0 Å². The summed E-state index contributed by atoms with van der Waals surface area (Å²) in [6.07, 6.45) is 6.05. The lowest BCUT2D eigenvalue weighted by Gasteiger charge is -2.36. The molecule has 0 spiro atoms. The number of aromatic nitrogens is 2. The van der Waals surface area contributed by atoms with Crippen LogP contribution in [0.3, 0.4) is 0 Å². The third-order valence-electron chi connectivity index (χ3n) is 4.80. The fraction of sp³-hybridized carbons (Fsp3) is 0.500. The Bertz CT molecular complexity index is 737. The topological polar surface area (TPSA) is 25.6 Å². The molecule has 1 aromatic heterocycles. The van der Waals surface area contributed by atoms with Crippen LogP contribution in [0.5, 0.6) is 5.75 Å². The lowest BCUT2D eigenvalue weighted by molar-refractivity contribution is 0.250. The Hall–Kier alpha value is -1.73. The molecule has 3 rings (SSSR count). The van der Waals surface area contributed by atoms with E-state index in [0.29, 0.717) is 4.77 Å². The molecular weight excluding hydrogens is 331 g/mol. The SMILES string of the molecule is [B]n1ccn(CCCCN2CCN(c3ccccc3OC)CC2)c1=S. The monoisotopic (exact) mass is 356 g/mol. The summed E-state index contributed by atoms with van der Waals surface area (Å²) in [7, 11) is 7.45. The summed E-state index contributed by atoms with van der Waals surface area (Å²) in [5.74, 6) is 0.958. The molecule has 132 valence electrons. The lowest BCUT2D eigenvalue weighted by atomic mass is 10.2. The Kier molecular flexibility index (Phi) is 6.21. The first kappa shape index (κ1) is 18.1. The number of piperazine rings is 1. The number of unbranched alkanes of at least 4 members (excludes halogenated alkanes) is 1. The van der Waals surface area contributed by atoms with Crippen LogP contribution < -0.4 is 9.64 Å². The molecule has 0 aliphatic carbocycles. The summed E-state index contributed by atoms with van der Waals surface area (Å²) in [4.78, 5) is 4.96. The van der Waals surface area contributed by atoms with Gasteiger partial charge in [-0.25, -0.2) is 0 Å². The Morgan fingerprint density at radius 2 is 1.76 bits per heavy atom. The van der Waals surface area contributed by atoms with Gasteiger partial charge in [-0.15, -0.1) is 0 Å². The third-order valence-corrected chi connectivity index (χ3v) is 5.24. The molecule has 0 N–H and O–H groups in total. The number of ether oxygens (including phenoxy) is 1. The van der Waals surface area contributed by atoms with E-state index < -0.39 is 0 Å². The molecular formula is C18H25BN4OS. The highest BCUT2D eigenvalue weighted by atomic mass is 32.1. The van der Waals surface area contributed by atoms with Gasteiger partial charge in [-0.1, -0.05) is 12.1 Å². The largest absolute Gasteiger partial charge is 0.495 e. The fourth-order valence-electron chi connectivity index (χ4n) is 3.32. The Balaban J connectivity index is 1.41. The average Bonchev–Trinajstić information content (AvgIpc) is 2.98. The maximum absolute atomic E-state index is 5.71. The van der Waals surface area contributed by atoms with Crippen molar-refractivity contribution in [2.75, 3.05) is 44.7 Å². The third kappa shape index (κ3) is 4.47. The molecule has 7 heteroatoms. The van der Waals surface area contributed by atoms with Gasteiger partial charge in [0.2, 0.25) is 7.98 Å². The molecule has 0 atom stereocenters. The van der Waals surface area contributed by atoms with Crippen LogP contribution in [0.4, 0.5) is 5.69 Å². The minimum atomic E-state index is 0.686. The van der Waals surface area contributed by atoms with Gasteiger partial charge in [-0.2, -0.15) is 0 Å². The van der Waals surface area contributed by atoms with Crippen LogP contribution in [0.2, 0.25) is 0 Å². The zero-order chi connectivity index (χ0) is 17.6. The number of anilines is 1. The molecule has 25 heavy (non-hydrogen) atoms. The predicted octanol–water partition coefficient (Wildman–Crippen LogP) is 2.56. The van der Waals surface area contributed by atoms with E-state index in [4.69, 9.17) is 24.9 Å². The lowest BCUT2D eigenvalue weighted by Crippen LogP contribution is -2.46. The molecule has 1 saturated heterocycles. The highest BCUT2D eigenvalue weighted by Gasteiger charge is 2.18. The molecule has 5 nitrogen and oxygen atoms in total. The van der Waals surface area contributed by atoms with E-state index >= 15 is 0 Å². The van der Waals surface area contributed by atoms with Gasteiger partial charge in [-0.05, 0) is 43.7 Å². The number of rotatable bonds is 7. The van der Waals surface area contributed by atoms with Crippen molar-refractivity contribution in [1.29, 1.82) is 0 Å². The molecule has 0 unspecified atom stereocenters. The molecule has 2 heterocycles. The van der Waals surface area contributed by atoms with Crippen LogP contribution in [-0.4, -0.2) is 61.8 Å². The number of methoxy groups -OCH3 is 1. The number of nitrogens with zero attached hydrogens (tertiary/aromatic N) is 4. The van der Waals surface area contributed by atoms with Gasteiger partial charge in [-0.3, -0.25) is 4.90 Å². The minimum Gasteiger partial charge on any atom is -0.495 e. The van der Waals surface area contributed by atoms with Gasteiger partial charge >= 0.3 is 0 Å². The van der Waals surface area contributed by atoms with Crippen molar-refractivity contribution in [1.82, 2.24) is 13.9 Å². The molecule has 2 aromatic rings. The van der Waals surface area contributed by atoms with Crippen LogP contribution in [0, 0.1) is 4.77 Å². The van der Waals surface area contributed by atoms with Gasteiger partial charge in [0.05, 0.1) is 12.8 Å². The predicted molar refractivity (Wildman–Crippen MR) is 105 cm³/mol. The Morgan fingerprint density at radius 1 is 1.04 bits per heavy atom. The standard InChI is InChI=1S/C18H25BN4OS/c1-24-17-7-3-2-6-16(17)21-12-10-20(11-13-21)8-4-5-9-22-14-15-23(19)18(22)25/h2-3,6-7,14-15H,4-5,8-13H2,1H3. The highest BCUT2D eigenvalue weighted by molar-refractivity contribution is 7.71. The van der Waals surface area contributed by atoms with Crippen LogP contribution in [0.15, 0.2) is 36.7 Å². The number of hydrogen-bond donors (Lipinski definition) is 0. The maximum Gasteiger partial charge on any atom is 0.237 e. The second-order valence-corrected chi connectivity index (χ2v) is 6.75. The summed E-state index contributed by atoms with van der Waals surface area (Å²) < 4.78 is 9.70. The van der Waals surface area contributed by atoms with Gasteiger partial charge in [0, 0.05) is 45.1 Å². The molecule has 1 aromatic carbocycles. The minimum absolute atomic E-state index is 0.686. The van der Waals surface area contributed by atoms with Crippen molar-refractivity contribution in [3.8, 4) is 5.75 Å². The fourth-order valence-corrected chi connectivity index (χ4v) is 3.53. The first-order valence-corrected chi connectivity index (χ1v) is 9.23. The molecule has 0 saturated carbocycles. The van der Waals surface area contributed by atoms with Gasteiger partial charge in [0.15, 0.2) is 4.77 Å². The number of imidazole rings is 1. The van der Waals surface area contributed by atoms with E-state index in [1.165, 1.54) is 16.6 Å². The first-order chi connectivity index (χ1) is 12.2. The highest BCUT2D eigenvalue weighted by Crippen LogP contribution is 2.28. The molecule has 1 fully saturated rings. The van der Waals surface area contributed by atoms with Crippen molar-refractivity contribution in [3.05, 3.63) is 41.4 Å². The first-order valence-electron chi connectivity index (χ1n) is 8.82. The Labute approximate surface area is 156 Å². The summed E-state index contributed by atoms with van der Waals surface area (Å²) in [6, 6.07) is 8.26. The number of benzene rings is 1. The second kappa shape index (κ2) is 8.58. The van der Waals surface area contributed by atoms with Crippen molar-refractivity contribution >= 4 is 25.9 Å². The van der Waals surface area contributed by atoms with E-state index in [9.17, 15) is 0 Å². The zero-order valence-electron chi connectivity index (χ0n) is 14.8. The van der Waals surface area contributed by atoms with E-state index in [1.54, 1.807) is 13.3 Å². The van der Waals surface area contributed by atoms with Crippen LogP contribution in [0.25, 0.3) is 0 Å². The number of hydrogen-bond acceptors (Lipinski definition) is 4.